The molecule has 4 rings (SSSR count). The first-order valence-electron chi connectivity index (χ1n) is 10.1. The zero-order valence-corrected chi connectivity index (χ0v) is 17.9. The lowest BCUT2D eigenvalue weighted by Crippen LogP contribution is -2.49. The summed E-state index contributed by atoms with van der Waals surface area (Å²) in [6.07, 6.45) is 1.83. The van der Waals surface area contributed by atoms with Gasteiger partial charge in [0.05, 0.1) is 13.0 Å². The first-order valence-corrected chi connectivity index (χ1v) is 10.5. The Hall–Kier alpha value is -3.31. The summed E-state index contributed by atoms with van der Waals surface area (Å²) in [5.41, 5.74) is 3.96. The van der Waals surface area contributed by atoms with E-state index in [1.165, 1.54) is 6.07 Å². The average Bonchev–Trinajstić information content (AvgIpc) is 2.91. The maximum atomic E-state index is 14.5. The van der Waals surface area contributed by atoms with E-state index in [9.17, 15) is 9.18 Å². The third-order valence-corrected chi connectivity index (χ3v) is 5.80. The van der Waals surface area contributed by atoms with Crippen LogP contribution < -0.4 is 15.5 Å². The second-order valence-electron chi connectivity index (χ2n) is 7.42. The molecule has 4 nitrogen and oxygen atoms in total. The van der Waals surface area contributed by atoms with Gasteiger partial charge in [-0.15, -0.1) is 0 Å². The minimum Gasteiger partial charge on any atom is -0.369 e. The molecule has 0 aromatic heterocycles. The lowest BCUT2D eigenvalue weighted by Gasteiger charge is -2.30. The van der Waals surface area contributed by atoms with E-state index in [4.69, 9.17) is 11.6 Å². The van der Waals surface area contributed by atoms with Crippen LogP contribution >= 0.6 is 11.6 Å². The number of rotatable bonds is 5. The van der Waals surface area contributed by atoms with E-state index in [2.05, 4.69) is 15.5 Å². The smallest absolute Gasteiger partial charge is 0.224 e. The number of fused-ring (bicyclic) bond motifs is 1. The maximum absolute atomic E-state index is 14.5. The number of carbonyl (C=O) groups is 1. The number of benzene rings is 3. The number of carbonyl (C=O) groups excluding carboxylic acids is 1. The topological polar surface area (TPSA) is 44.4 Å². The van der Waals surface area contributed by atoms with Gasteiger partial charge >= 0.3 is 0 Å². The summed E-state index contributed by atoms with van der Waals surface area (Å²) in [5, 5.41) is 6.90. The molecule has 0 spiro atoms. The van der Waals surface area contributed by atoms with Gasteiger partial charge in [0.2, 0.25) is 5.91 Å². The first-order chi connectivity index (χ1) is 15.0. The molecule has 0 saturated heterocycles. The van der Waals surface area contributed by atoms with Crippen LogP contribution in [-0.4, -0.2) is 25.7 Å². The zero-order chi connectivity index (χ0) is 21.8. The van der Waals surface area contributed by atoms with Crippen molar-refractivity contribution in [3.8, 4) is 0 Å². The van der Waals surface area contributed by atoms with Crippen molar-refractivity contribution in [2.45, 2.75) is 12.6 Å². The Morgan fingerprint density at radius 1 is 1.03 bits per heavy atom. The van der Waals surface area contributed by atoms with Crippen LogP contribution in [0.4, 0.5) is 10.1 Å². The van der Waals surface area contributed by atoms with E-state index in [1.807, 2.05) is 61.8 Å². The minimum absolute atomic E-state index is 0.112. The van der Waals surface area contributed by atoms with Crippen molar-refractivity contribution in [2.75, 3.05) is 18.5 Å². The lowest BCUT2D eigenvalue weighted by atomic mass is 9.97. The number of hydrogen-bond donors (Lipinski definition) is 2. The molecule has 0 bridgehead atoms. The van der Waals surface area contributed by atoms with Gasteiger partial charge in [0, 0.05) is 40.7 Å². The normalized spacial score (nSPS) is 15.4. The van der Waals surface area contributed by atoms with Crippen molar-refractivity contribution < 1.29 is 9.18 Å². The number of amides is 1. The molecule has 2 N–H and O–H groups in total. The van der Waals surface area contributed by atoms with E-state index in [1.54, 1.807) is 18.2 Å². The predicted octanol–water partition coefficient (Wildman–Crippen LogP) is 4.59. The lowest BCUT2D eigenvalue weighted by molar-refractivity contribution is -0.120. The van der Waals surface area contributed by atoms with Crippen LogP contribution in [0.5, 0.6) is 0 Å². The van der Waals surface area contributed by atoms with E-state index < -0.39 is 0 Å². The first kappa shape index (κ1) is 20.9. The van der Waals surface area contributed by atoms with Gasteiger partial charge in [0.25, 0.3) is 0 Å². The Morgan fingerprint density at radius 3 is 2.48 bits per heavy atom. The summed E-state index contributed by atoms with van der Waals surface area (Å²) in [6, 6.07) is 21.9. The molecule has 6 heteroatoms. The fourth-order valence-corrected chi connectivity index (χ4v) is 3.93. The van der Waals surface area contributed by atoms with Crippen LogP contribution in [0.2, 0.25) is 5.02 Å². The van der Waals surface area contributed by atoms with Gasteiger partial charge in [0.1, 0.15) is 12.0 Å². The molecule has 31 heavy (non-hydrogen) atoms. The Balaban J connectivity index is 1.55. The van der Waals surface area contributed by atoms with E-state index in [0.717, 1.165) is 22.4 Å². The molecule has 0 fully saturated rings. The monoisotopic (exact) mass is 435 g/mol. The number of para-hydroxylation sites is 1. The largest absolute Gasteiger partial charge is 0.369 e. The van der Waals surface area contributed by atoms with E-state index in [0.29, 0.717) is 17.1 Å². The summed E-state index contributed by atoms with van der Waals surface area (Å²) < 4.78 is 14.5. The predicted molar refractivity (Wildman–Crippen MR) is 123 cm³/mol. The van der Waals surface area contributed by atoms with Gasteiger partial charge in [-0.05, 0) is 23.8 Å². The Kier molecular flexibility index (Phi) is 6.23. The summed E-state index contributed by atoms with van der Waals surface area (Å²) in [6.45, 7) is 0.370. The number of nitrogens with zero attached hydrogens (tertiary/aromatic N) is 1. The molecule has 158 valence electrons. The van der Waals surface area contributed by atoms with Gasteiger partial charge in [-0.2, -0.15) is 0 Å². The average molecular weight is 436 g/mol. The van der Waals surface area contributed by atoms with Crippen molar-refractivity contribution in [1.29, 1.82) is 0 Å². The molecule has 1 amide bonds. The molecule has 0 aliphatic carbocycles. The Bertz CT molecular complexity index is 1130. The Morgan fingerprint density at radius 2 is 1.71 bits per heavy atom. The molecular formula is C25H23ClFN3O. The van der Waals surface area contributed by atoms with Crippen LogP contribution in [0.25, 0.3) is 5.57 Å². The number of hydrogen-bond acceptors (Lipinski definition) is 3. The quantitative estimate of drug-likeness (QED) is 0.616. The highest BCUT2D eigenvalue weighted by atomic mass is 35.5. The zero-order valence-electron chi connectivity index (χ0n) is 17.1. The number of likely N-dealkylation sites (N-methyl/N-ethyl adjacent to an activating group) is 1. The molecule has 3 aromatic carbocycles. The van der Waals surface area contributed by atoms with Crippen LogP contribution in [0.15, 0.2) is 79.0 Å². The van der Waals surface area contributed by atoms with Gasteiger partial charge in [0.15, 0.2) is 0 Å². The molecule has 1 aliphatic heterocycles. The van der Waals surface area contributed by atoms with Gasteiger partial charge in [-0.25, -0.2) is 4.39 Å². The maximum Gasteiger partial charge on any atom is 0.224 e. The van der Waals surface area contributed by atoms with Crippen molar-refractivity contribution in [3.05, 3.63) is 107 Å². The molecule has 1 heterocycles. The highest BCUT2D eigenvalue weighted by Crippen LogP contribution is 2.34. The van der Waals surface area contributed by atoms with E-state index >= 15 is 0 Å². The highest BCUT2D eigenvalue weighted by molar-refractivity contribution is 6.31. The van der Waals surface area contributed by atoms with E-state index in [-0.39, 0.29) is 24.3 Å². The van der Waals surface area contributed by atoms with Crippen molar-refractivity contribution in [3.63, 3.8) is 0 Å². The SMILES string of the molecule is CN1c2ccccc2C(c2ccccc2F)=CNC1CNC(=O)Cc1ccccc1Cl. The second-order valence-corrected chi connectivity index (χ2v) is 7.83. The fraction of sp³-hybridized carbons (Fsp3) is 0.160. The summed E-state index contributed by atoms with van der Waals surface area (Å²) >= 11 is 6.17. The molecule has 0 saturated carbocycles. The molecule has 1 aliphatic rings. The van der Waals surface area contributed by atoms with Crippen LogP contribution in [0.1, 0.15) is 16.7 Å². The molecule has 1 unspecified atom stereocenters. The molecule has 1 atom stereocenters. The fourth-order valence-electron chi connectivity index (χ4n) is 3.73. The van der Waals surface area contributed by atoms with Crippen molar-refractivity contribution in [2.24, 2.45) is 0 Å². The minimum atomic E-state index is -0.278. The Labute approximate surface area is 186 Å². The summed E-state index contributed by atoms with van der Waals surface area (Å²) in [5.74, 6) is -0.390. The summed E-state index contributed by atoms with van der Waals surface area (Å²) in [4.78, 5) is 14.5. The van der Waals surface area contributed by atoms with Gasteiger partial charge in [-0.3, -0.25) is 4.79 Å². The highest BCUT2D eigenvalue weighted by Gasteiger charge is 2.24. The second kappa shape index (κ2) is 9.23. The van der Waals surface area contributed by atoms with Gasteiger partial charge < -0.3 is 15.5 Å². The van der Waals surface area contributed by atoms with Crippen LogP contribution in [-0.2, 0) is 11.2 Å². The van der Waals surface area contributed by atoms with Gasteiger partial charge in [-0.1, -0.05) is 66.2 Å². The molecular weight excluding hydrogens is 413 g/mol. The third kappa shape index (κ3) is 4.57. The third-order valence-electron chi connectivity index (χ3n) is 5.43. The number of halogens is 2. The number of nitrogens with one attached hydrogen (secondary N) is 2. The van der Waals surface area contributed by atoms with Crippen molar-refractivity contribution >= 4 is 28.8 Å². The van der Waals surface area contributed by atoms with Crippen LogP contribution in [0.3, 0.4) is 0 Å². The summed E-state index contributed by atoms with van der Waals surface area (Å²) in [7, 11) is 1.95. The molecule has 3 aromatic rings. The van der Waals surface area contributed by atoms with Crippen molar-refractivity contribution in [1.82, 2.24) is 10.6 Å². The molecule has 0 radical (unpaired) electrons. The standard InChI is InChI=1S/C25H23ClFN3O/c1-30-23-13-7-4-10-19(23)20(18-9-3-6-12-22(18)27)15-28-24(30)16-29-25(31)14-17-8-2-5-11-21(17)26/h2-13,15,24,28H,14,16H2,1H3,(H,29,31). The van der Waals surface area contributed by atoms with Crippen LogP contribution in [0, 0.1) is 5.82 Å². The number of anilines is 1.